The van der Waals surface area contributed by atoms with Crippen LogP contribution < -0.4 is 4.74 Å². The van der Waals surface area contributed by atoms with Gasteiger partial charge < -0.3 is 19.3 Å². The Morgan fingerprint density at radius 3 is 2.56 bits per heavy atom. The van der Waals surface area contributed by atoms with Crippen LogP contribution in [0.25, 0.3) is 0 Å². The predicted octanol–water partition coefficient (Wildman–Crippen LogP) is 3.89. The van der Waals surface area contributed by atoms with Crippen molar-refractivity contribution in [2.45, 2.75) is 13.5 Å². The number of thiophene rings is 1. The Morgan fingerprint density at radius 1 is 1.15 bits per heavy atom. The van der Waals surface area contributed by atoms with E-state index >= 15 is 0 Å². The molecule has 1 aliphatic heterocycles. The van der Waals surface area contributed by atoms with E-state index in [1.807, 2.05) is 29.6 Å². The molecule has 144 valence electrons. The summed E-state index contributed by atoms with van der Waals surface area (Å²) in [5, 5.41) is 2.47. The molecule has 1 saturated heterocycles. The van der Waals surface area contributed by atoms with Crippen molar-refractivity contribution >= 4 is 34.9 Å². The normalized spacial score (nSPS) is 14.1. The minimum Gasteiger partial charge on any atom is -0.487 e. The van der Waals surface area contributed by atoms with Crippen molar-refractivity contribution in [1.82, 2.24) is 9.80 Å². The van der Waals surface area contributed by atoms with Crippen LogP contribution in [-0.4, -0.2) is 54.6 Å². The van der Waals surface area contributed by atoms with Crippen LogP contribution >= 0.6 is 22.9 Å². The molecule has 3 rings (SSSR count). The fourth-order valence-corrected chi connectivity index (χ4v) is 3.80. The molecule has 1 aliphatic rings. The molecule has 27 heavy (non-hydrogen) atoms. The number of ether oxygens (including phenoxy) is 2. The number of amides is 2. The molecule has 0 saturated carbocycles. The molecule has 0 aliphatic carbocycles. The van der Waals surface area contributed by atoms with Gasteiger partial charge in [0.25, 0.3) is 5.91 Å². The standard InChI is InChI=1S/C19H21ClN2O4S/c1-2-25-19(24)22-9-7-21(8-10-22)18(23)17-11-14(13-27-17)12-26-16-6-4-3-5-15(16)20/h3-6,11,13H,2,7-10,12H2,1H3. The van der Waals surface area contributed by atoms with Gasteiger partial charge in [0, 0.05) is 31.7 Å². The average Bonchev–Trinajstić information content (AvgIpc) is 3.16. The lowest BCUT2D eigenvalue weighted by Gasteiger charge is -2.33. The zero-order valence-corrected chi connectivity index (χ0v) is 16.6. The number of carbonyl (C=O) groups excluding carboxylic acids is 2. The average molecular weight is 409 g/mol. The maximum atomic E-state index is 12.7. The highest BCUT2D eigenvalue weighted by Crippen LogP contribution is 2.25. The van der Waals surface area contributed by atoms with Crippen LogP contribution in [0.3, 0.4) is 0 Å². The molecule has 0 radical (unpaired) electrons. The van der Waals surface area contributed by atoms with Gasteiger partial charge >= 0.3 is 6.09 Å². The molecule has 0 N–H and O–H groups in total. The first-order valence-corrected chi connectivity index (χ1v) is 10.00. The number of carbonyl (C=O) groups is 2. The summed E-state index contributed by atoms with van der Waals surface area (Å²) in [6, 6.07) is 9.14. The van der Waals surface area contributed by atoms with E-state index in [-0.39, 0.29) is 12.0 Å². The summed E-state index contributed by atoms with van der Waals surface area (Å²) in [7, 11) is 0. The van der Waals surface area contributed by atoms with Crippen LogP contribution in [0, 0.1) is 0 Å². The number of benzene rings is 1. The quantitative estimate of drug-likeness (QED) is 0.753. The van der Waals surface area contributed by atoms with Gasteiger partial charge in [-0.15, -0.1) is 11.3 Å². The van der Waals surface area contributed by atoms with Gasteiger partial charge in [0.05, 0.1) is 16.5 Å². The molecule has 0 spiro atoms. The molecule has 6 nitrogen and oxygen atoms in total. The van der Waals surface area contributed by atoms with Gasteiger partial charge in [0.2, 0.25) is 0 Å². The highest BCUT2D eigenvalue weighted by molar-refractivity contribution is 7.12. The summed E-state index contributed by atoms with van der Waals surface area (Å²) in [6.07, 6.45) is -0.320. The lowest BCUT2D eigenvalue weighted by atomic mass is 10.2. The number of rotatable bonds is 5. The second-order valence-corrected chi connectivity index (χ2v) is 7.33. The molecular weight excluding hydrogens is 388 g/mol. The van der Waals surface area contributed by atoms with E-state index in [1.54, 1.807) is 22.8 Å². The van der Waals surface area contributed by atoms with Gasteiger partial charge in [-0.05, 0) is 30.5 Å². The summed E-state index contributed by atoms with van der Waals surface area (Å²) in [6.45, 7) is 4.46. The topological polar surface area (TPSA) is 59.1 Å². The third-order valence-corrected chi connectivity index (χ3v) is 5.47. The first-order valence-electron chi connectivity index (χ1n) is 8.74. The second kappa shape index (κ2) is 9.10. The summed E-state index contributed by atoms with van der Waals surface area (Å²) in [4.78, 5) is 28.5. The predicted molar refractivity (Wildman–Crippen MR) is 105 cm³/mol. The van der Waals surface area contributed by atoms with Crippen molar-refractivity contribution in [3.63, 3.8) is 0 Å². The highest BCUT2D eigenvalue weighted by Gasteiger charge is 2.26. The minimum atomic E-state index is -0.320. The smallest absolute Gasteiger partial charge is 0.409 e. The van der Waals surface area contributed by atoms with Crippen molar-refractivity contribution in [2.24, 2.45) is 0 Å². The SMILES string of the molecule is CCOC(=O)N1CCN(C(=O)c2cc(COc3ccccc3Cl)cs2)CC1. The van der Waals surface area contributed by atoms with Crippen LogP contribution in [0.5, 0.6) is 5.75 Å². The summed E-state index contributed by atoms with van der Waals surface area (Å²) < 4.78 is 10.7. The molecule has 2 heterocycles. The van der Waals surface area contributed by atoms with Gasteiger partial charge in [0.1, 0.15) is 12.4 Å². The number of halogens is 1. The van der Waals surface area contributed by atoms with Gasteiger partial charge in [-0.3, -0.25) is 4.79 Å². The van der Waals surface area contributed by atoms with E-state index in [2.05, 4.69) is 0 Å². The molecular formula is C19H21ClN2O4S. The number of piperazine rings is 1. The maximum Gasteiger partial charge on any atom is 0.409 e. The van der Waals surface area contributed by atoms with Crippen LogP contribution in [-0.2, 0) is 11.3 Å². The first-order chi connectivity index (χ1) is 13.1. The third-order valence-electron chi connectivity index (χ3n) is 4.19. The number of para-hydroxylation sites is 1. The van der Waals surface area contributed by atoms with E-state index in [1.165, 1.54) is 11.3 Å². The second-order valence-electron chi connectivity index (χ2n) is 6.02. The zero-order chi connectivity index (χ0) is 19.2. The Kier molecular flexibility index (Phi) is 6.58. The lowest BCUT2D eigenvalue weighted by molar-refractivity contribution is 0.0574. The molecule has 0 atom stereocenters. The Hall–Kier alpha value is -2.25. The Balaban J connectivity index is 1.53. The maximum absolute atomic E-state index is 12.7. The van der Waals surface area contributed by atoms with Crippen molar-refractivity contribution in [3.8, 4) is 5.75 Å². The number of hydrogen-bond donors (Lipinski definition) is 0. The summed E-state index contributed by atoms with van der Waals surface area (Å²) >= 11 is 7.48. The van der Waals surface area contributed by atoms with Gasteiger partial charge in [-0.25, -0.2) is 4.79 Å². The van der Waals surface area contributed by atoms with Gasteiger partial charge in [0.15, 0.2) is 0 Å². The van der Waals surface area contributed by atoms with Crippen molar-refractivity contribution in [2.75, 3.05) is 32.8 Å². The highest BCUT2D eigenvalue weighted by atomic mass is 35.5. The van der Waals surface area contributed by atoms with E-state index in [9.17, 15) is 9.59 Å². The van der Waals surface area contributed by atoms with Crippen molar-refractivity contribution < 1.29 is 19.1 Å². The molecule has 0 bridgehead atoms. The molecule has 1 aromatic carbocycles. The van der Waals surface area contributed by atoms with Gasteiger partial charge in [-0.1, -0.05) is 23.7 Å². The van der Waals surface area contributed by atoms with E-state index < -0.39 is 0 Å². The molecule has 1 aromatic heterocycles. The van der Waals surface area contributed by atoms with E-state index in [0.29, 0.717) is 55.0 Å². The van der Waals surface area contributed by atoms with Crippen LogP contribution in [0.1, 0.15) is 22.2 Å². The summed E-state index contributed by atoms with van der Waals surface area (Å²) in [5.74, 6) is 0.598. The molecule has 0 unspecified atom stereocenters. The Morgan fingerprint density at radius 2 is 1.85 bits per heavy atom. The van der Waals surface area contributed by atoms with Gasteiger partial charge in [-0.2, -0.15) is 0 Å². The molecule has 1 fully saturated rings. The number of hydrogen-bond acceptors (Lipinski definition) is 5. The first kappa shape index (κ1) is 19.5. The fourth-order valence-electron chi connectivity index (χ4n) is 2.75. The fraction of sp³-hybridized carbons (Fsp3) is 0.368. The molecule has 8 heteroatoms. The minimum absolute atomic E-state index is 0.0208. The number of nitrogens with zero attached hydrogens (tertiary/aromatic N) is 2. The van der Waals surface area contributed by atoms with Crippen molar-refractivity contribution in [3.05, 3.63) is 51.2 Å². The Labute approximate surface area is 167 Å². The lowest BCUT2D eigenvalue weighted by Crippen LogP contribution is -2.50. The largest absolute Gasteiger partial charge is 0.487 e. The Bertz CT molecular complexity index is 803. The van der Waals surface area contributed by atoms with E-state index in [4.69, 9.17) is 21.1 Å². The molecule has 2 aromatic rings. The molecule has 2 amide bonds. The van der Waals surface area contributed by atoms with Crippen LogP contribution in [0.2, 0.25) is 5.02 Å². The van der Waals surface area contributed by atoms with Crippen LogP contribution in [0.4, 0.5) is 4.79 Å². The third kappa shape index (κ3) is 4.93. The monoisotopic (exact) mass is 408 g/mol. The summed E-state index contributed by atoms with van der Waals surface area (Å²) in [5.41, 5.74) is 0.924. The van der Waals surface area contributed by atoms with Crippen LogP contribution in [0.15, 0.2) is 35.7 Å². The van der Waals surface area contributed by atoms with Crippen molar-refractivity contribution in [1.29, 1.82) is 0 Å². The van der Waals surface area contributed by atoms with E-state index in [0.717, 1.165) is 5.56 Å². The zero-order valence-electron chi connectivity index (χ0n) is 15.0.